The molecule has 0 saturated carbocycles. The van der Waals surface area contributed by atoms with Crippen LogP contribution in [0.1, 0.15) is 57.0 Å². The van der Waals surface area contributed by atoms with E-state index >= 15 is 0 Å². The van der Waals surface area contributed by atoms with Gasteiger partial charge in [0, 0.05) is 29.8 Å². The molecule has 3 N–H and O–H groups in total. The fraction of sp³-hybridized carbons (Fsp3) is 0.526. The summed E-state index contributed by atoms with van der Waals surface area (Å²) in [6.45, 7) is 10.3. The van der Waals surface area contributed by atoms with Crippen molar-refractivity contribution in [2.45, 2.75) is 60.0 Å². The van der Waals surface area contributed by atoms with E-state index in [1.807, 2.05) is 46.9 Å². The second-order valence-corrected chi connectivity index (χ2v) is 8.17. The zero-order valence-electron chi connectivity index (χ0n) is 16.1. The molecule has 2 aromatic heterocycles. The first-order valence-corrected chi connectivity index (χ1v) is 9.07. The number of fused-ring (bicyclic) bond motifs is 3. The summed E-state index contributed by atoms with van der Waals surface area (Å²) in [6.07, 6.45) is 3.62. The largest absolute Gasteiger partial charge is 0.350 e. The van der Waals surface area contributed by atoms with E-state index in [9.17, 15) is 9.59 Å². The average molecular weight is 357 g/mol. The summed E-state index contributed by atoms with van der Waals surface area (Å²) in [4.78, 5) is 24.6. The molecule has 1 aliphatic heterocycles. The molecule has 0 unspecified atom stereocenters. The Bertz CT molecular complexity index is 839. The van der Waals surface area contributed by atoms with E-state index in [1.165, 1.54) is 0 Å². The number of carbonyl (C=O) groups is 2. The van der Waals surface area contributed by atoms with E-state index in [1.54, 1.807) is 0 Å². The van der Waals surface area contributed by atoms with Crippen LogP contribution in [-0.2, 0) is 17.8 Å². The molecular formula is C19H27N5O2. The van der Waals surface area contributed by atoms with Gasteiger partial charge in [-0.3, -0.25) is 14.7 Å². The van der Waals surface area contributed by atoms with Gasteiger partial charge in [-0.1, -0.05) is 20.8 Å². The third-order valence-electron chi connectivity index (χ3n) is 4.44. The van der Waals surface area contributed by atoms with E-state index in [0.717, 1.165) is 36.3 Å². The molecule has 140 valence electrons. The number of rotatable bonds is 3. The van der Waals surface area contributed by atoms with Crippen molar-refractivity contribution in [3.05, 3.63) is 23.4 Å². The van der Waals surface area contributed by atoms with Gasteiger partial charge in [0.1, 0.15) is 0 Å². The number of H-pyrrole nitrogens is 1. The van der Waals surface area contributed by atoms with Gasteiger partial charge in [0.2, 0.25) is 5.91 Å². The van der Waals surface area contributed by atoms with Crippen molar-refractivity contribution in [2.75, 3.05) is 5.32 Å². The smallest absolute Gasteiger partial charge is 0.253 e. The highest BCUT2D eigenvalue weighted by atomic mass is 16.2. The van der Waals surface area contributed by atoms with Crippen molar-refractivity contribution < 1.29 is 9.59 Å². The minimum Gasteiger partial charge on any atom is -0.350 e. The maximum absolute atomic E-state index is 12.3. The lowest BCUT2D eigenvalue weighted by Gasteiger charge is -2.17. The van der Waals surface area contributed by atoms with Crippen molar-refractivity contribution in [1.29, 1.82) is 0 Å². The van der Waals surface area contributed by atoms with E-state index in [0.29, 0.717) is 11.4 Å². The van der Waals surface area contributed by atoms with Gasteiger partial charge in [0.25, 0.3) is 5.91 Å². The lowest BCUT2D eigenvalue weighted by molar-refractivity contribution is -0.123. The molecule has 0 spiro atoms. The second-order valence-electron chi connectivity index (χ2n) is 8.17. The Morgan fingerprint density at radius 3 is 2.69 bits per heavy atom. The van der Waals surface area contributed by atoms with Gasteiger partial charge in [-0.25, -0.2) is 0 Å². The second kappa shape index (κ2) is 6.63. The number of amides is 2. The maximum Gasteiger partial charge on any atom is 0.253 e. The first kappa shape index (κ1) is 18.2. The van der Waals surface area contributed by atoms with Gasteiger partial charge < -0.3 is 15.2 Å². The Morgan fingerprint density at radius 1 is 1.31 bits per heavy atom. The summed E-state index contributed by atoms with van der Waals surface area (Å²) < 4.78 is 2.08. The molecule has 3 rings (SSSR count). The molecule has 0 atom stereocenters. The maximum atomic E-state index is 12.3. The Morgan fingerprint density at radius 2 is 2.04 bits per heavy atom. The Labute approximate surface area is 153 Å². The molecule has 3 heterocycles. The summed E-state index contributed by atoms with van der Waals surface area (Å²) in [5, 5.41) is 13.2. The highest BCUT2D eigenvalue weighted by Gasteiger charge is 2.27. The number of carbonyl (C=O) groups excluding carboxylic acids is 2. The number of nitrogens with zero attached hydrogens (tertiary/aromatic N) is 2. The van der Waals surface area contributed by atoms with Crippen molar-refractivity contribution in [3.63, 3.8) is 0 Å². The number of aromatic nitrogens is 3. The molecule has 0 bridgehead atoms. The highest BCUT2D eigenvalue weighted by molar-refractivity contribution is 5.97. The monoisotopic (exact) mass is 357 g/mol. The minimum absolute atomic E-state index is 0.0663. The molecule has 26 heavy (non-hydrogen) atoms. The molecule has 1 aliphatic rings. The normalized spacial score (nSPS) is 13.8. The van der Waals surface area contributed by atoms with Crippen LogP contribution in [-0.4, -0.2) is 32.6 Å². The van der Waals surface area contributed by atoms with Crippen LogP contribution in [0.25, 0.3) is 11.4 Å². The van der Waals surface area contributed by atoms with Crippen LogP contribution in [0.15, 0.2) is 12.3 Å². The van der Waals surface area contributed by atoms with Crippen LogP contribution in [0, 0.1) is 5.41 Å². The number of anilines is 1. The predicted octanol–water partition coefficient (Wildman–Crippen LogP) is 2.95. The van der Waals surface area contributed by atoms with Gasteiger partial charge in [-0.15, -0.1) is 0 Å². The van der Waals surface area contributed by atoms with Crippen molar-refractivity contribution in [3.8, 4) is 11.4 Å². The molecule has 2 amide bonds. The molecular weight excluding hydrogens is 330 g/mol. The third-order valence-corrected chi connectivity index (χ3v) is 4.44. The van der Waals surface area contributed by atoms with Crippen molar-refractivity contribution in [1.82, 2.24) is 20.1 Å². The van der Waals surface area contributed by atoms with Crippen molar-refractivity contribution >= 4 is 17.6 Å². The van der Waals surface area contributed by atoms with Gasteiger partial charge in [-0.05, 0) is 32.8 Å². The zero-order valence-corrected chi connectivity index (χ0v) is 16.1. The van der Waals surface area contributed by atoms with Gasteiger partial charge in [-0.2, -0.15) is 5.10 Å². The quantitative estimate of drug-likeness (QED) is 0.788. The van der Waals surface area contributed by atoms with Crippen LogP contribution < -0.4 is 10.6 Å². The number of nitrogens with one attached hydrogen (secondary N) is 3. The zero-order chi connectivity index (χ0) is 19.1. The number of aromatic amines is 1. The van der Waals surface area contributed by atoms with Gasteiger partial charge in [0.15, 0.2) is 5.82 Å². The van der Waals surface area contributed by atoms with Crippen LogP contribution in [0.3, 0.4) is 0 Å². The summed E-state index contributed by atoms with van der Waals surface area (Å²) >= 11 is 0. The fourth-order valence-electron chi connectivity index (χ4n) is 3.02. The molecule has 0 saturated heterocycles. The van der Waals surface area contributed by atoms with Gasteiger partial charge >= 0.3 is 0 Å². The summed E-state index contributed by atoms with van der Waals surface area (Å²) in [5.74, 6) is 0.439. The molecule has 2 aromatic rings. The van der Waals surface area contributed by atoms with E-state index in [-0.39, 0.29) is 17.9 Å². The lowest BCUT2D eigenvalue weighted by atomic mass is 9.95. The van der Waals surface area contributed by atoms with Crippen molar-refractivity contribution in [2.24, 2.45) is 5.41 Å². The van der Waals surface area contributed by atoms with E-state index in [2.05, 4.69) is 25.4 Å². The standard InChI is InChI=1S/C19H27N5O2/c1-11(2)20-17(25)12-9-14-15-13(7-6-8-24(14)10-12)16(23-22-15)21-18(26)19(3,4)5/h9-11H,6-8H2,1-5H3,(H,20,25)(H2,21,22,23,26). The number of aryl methyl sites for hydroxylation is 1. The first-order valence-electron chi connectivity index (χ1n) is 9.07. The molecule has 0 aliphatic carbocycles. The third kappa shape index (κ3) is 3.52. The van der Waals surface area contributed by atoms with E-state index < -0.39 is 5.41 Å². The fourth-order valence-corrected chi connectivity index (χ4v) is 3.02. The highest BCUT2D eigenvalue weighted by Crippen LogP contribution is 2.33. The predicted molar refractivity (Wildman–Crippen MR) is 101 cm³/mol. The molecule has 0 fully saturated rings. The number of hydrogen-bond acceptors (Lipinski definition) is 3. The SMILES string of the molecule is CC(C)NC(=O)c1cc2n(c1)CCCc1c(NC(=O)C(C)(C)C)n[nH]c1-2. The number of hydrogen-bond donors (Lipinski definition) is 3. The lowest BCUT2D eigenvalue weighted by Crippen LogP contribution is -2.29. The molecule has 0 radical (unpaired) electrons. The van der Waals surface area contributed by atoms with Gasteiger partial charge in [0.05, 0.1) is 17.0 Å². The molecule has 7 nitrogen and oxygen atoms in total. The average Bonchev–Trinajstić information content (AvgIpc) is 3.07. The molecule has 0 aromatic carbocycles. The minimum atomic E-state index is -0.487. The van der Waals surface area contributed by atoms with E-state index in [4.69, 9.17) is 0 Å². The van der Waals surface area contributed by atoms with Crippen LogP contribution in [0.2, 0.25) is 0 Å². The molecule has 7 heteroatoms. The summed E-state index contributed by atoms with van der Waals surface area (Å²) in [6, 6.07) is 1.97. The summed E-state index contributed by atoms with van der Waals surface area (Å²) in [7, 11) is 0. The van der Waals surface area contributed by atoms with Crippen LogP contribution in [0.5, 0.6) is 0 Å². The summed E-state index contributed by atoms with van der Waals surface area (Å²) in [5.41, 5.74) is 2.94. The Balaban J connectivity index is 1.94. The topological polar surface area (TPSA) is 91.8 Å². The Hall–Kier alpha value is -2.57. The van der Waals surface area contributed by atoms with Crippen LogP contribution >= 0.6 is 0 Å². The first-order chi connectivity index (χ1) is 12.2. The Kier molecular flexibility index (Phi) is 4.64. The van der Waals surface area contributed by atoms with Crippen LogP contribution in [0.4, 0.5) is 5.82 Å².